The minimum atomic E-state index is -0.474. The van der Waals surface area contributed by atoms with Crippen LogP contribution < -0.4 is 9.47 Å². The Kier molecular flexibility index (Phi) is 7.35. The molecule has 1 saturated heterocycles. The maximum atomic E-state index is 14.5. The Balaban J connectivity index is 1.39. The van der Waals surface area contributed by atoms with Gasteiger partial charge in [-0.3, -0.25) is 4.90 Å². The van der Waals surface area contributed by atoms with Crippen molar-refractivity contribution >= 4 is 10.8 Å². The van der Waals surface area contributed by atoms with Crippen molar-refractivity contribution in [1.82, 2.24) is 4.90 Å². The third kappa shape index (κ3) is 5.45. The number of benzene rings is 4. The third-order valence-electron chi connectivity index (χ3n) is 6.66. The van der Waals surface area contributed by atoms with Crippen molar-refractivity contribution in [1.29, 1.82) is 0 Å². The summed E-state index contributed by atoms with van der Waals surface area (Å²) < 4.78 is 26.8. The average Bonchev–Trinajstić information content (AvgIpc) is 2.90. The molecule has 0 aromatic heterocycles. The van der Waals surface area contributed by atoms with Gasteiger partial charge in [0.15, 0.2) is 0 Å². The van der Waals surface area contributed by atoms with Crippen molar-refractivity contribution in [2.24, 2.45) is 0 Å². The van der Waals surface area contributed by atoms with Crippen molar-refractivity contribution < 1.29 is 24.1 Å². The van der Waals surface area contributed by atoms with Crippen LogP contribution in [0.25, 0.3) is 21.9 Å². The average molecular weight is 488 g/mol. The summed E-state index contributed by atoms with van der Waals surface area (Å²) in [6.07, 6.45) is 3.85. The second kappa shape index (κ2) is 11.0. The highest BCUT2D eigenvalue weighted by molar-refractivity contribution is 5.96. The van der Waals surface area contributed by atoms with Crippen molar-refractivity contribution in [2.75, 3.05) is 26.2 Å². The van der Waals surface area contributed by atoms with Crippen LogP contribution in [0.15, 0.2) is 72.8 Å². The Morgan fingerprint density at radius 2 is 1.61 bits per heavy atom. The van der Waals surface area contributed by atoms with Crippen LogP contribution in [0.1, 0.15) is 24.8 Å². The zero-order chi connectivity index (χ0) is 24.9. The molecule has 186 valence electrons. The molecule has 2 N–H and O–H groups in total. The molecule has 36 heavy (non-hydrogen) atoms. The fourth-order valence-corrected chi connectivity index (χ4v) is 4.67. The van der Waals surface area contributed by atoms with Crippen LogP contribution in [-0.2, 0) is 6.61 Å². The fourth-order valence-electron chi connectivity index (χ4n) is 4.67. The van der Waals surface area contributed by atoms with Crippen molar-refractivity contribution in [2.45, 2.75) is 25.9 Å². The smallest absolute Gasteiger partial charge is 0.143 e. The lowest BCUT2D eigenvalue weighted by molar-refractivity contribution is 0.183. The predicted octanol–water partition coefficient (Wildman–Crippen LogP) is 6.50. The van der Waals surface area contributed by atoms with Crippen molar-refractivity contribution in [3.63, 3.8) is 0 Å². The lowest BCUT2D eigenvalue weighted by Crippen LogP contribution is -2.33. The number of hydrogen-bond acceptors (Lipinski definition) is 5. The van der Waals surface area contributed by atoms with E-state index in [1.807, 2.05) is 36.4 Å². The molecule has 0 saturated carbocycles. The predicted molar refractivity (Wildman–Crippen MR) is 139 cm³/mol. The van der Waals surface area contributed by atoms with Crippen LogP contribution in [0.2, 0.25) is 0 Å². The summed E-state index contributed by atoms with van der Waals surface area (Å²) in [5.74, 6) is 1.64. The second-order valence-electron chi connectivity index (χ2n) is 9.14. The zero-order valence-corrected chi connectivity index (χ0v) is 20.1. The fraction of sp³-hybridized carbons (Fsp3) is 0.267. The number of nitrogens with zero attached hydrogens (tertiary/aromatic N) is 1. The molecule has 0 unspecified atom stereocenters. The van der Waals surface area contributed by atoms with Crippen LogP contribution in [0.4, 0.5) is 4.39 Å². The molecule has 0 atom stereocenters. The summed E-state index contributed by atoms with van der Waals surface area (Å²) in [7, 11) is 0. The Hall–Kier alpha value is -3.61. The minimum Gasteiger partial charge on any atom is -0.508 e. The van der Waals surface area contributed by atoms with E-state index in [1.165, 1.54) is 25.3 Å². The first kappa shape index (κ1) is 24.1. The maximum absolute atomic E-state index is 14.5. The van der Waals surface area contributed by atoms with E-state index < -0.39 is 5.82 Å². The molecule has 0 aliphatic carbocycles. The molecule has 4 aromatic carbocycles. The van der Waals surface area contributed by atoms with Gasteiger partial charge in [0, 0.05) is 23.1 Å². The van der Waals surface area contributed by atoms with Gasteiger partial charge in [0.1, 0.15) is 35.4 Å². The van der Waals surface area contributed by atoms with Gasteiger partial charge >= 0.3 is 0 Å². The van der Waals surface area contributed by atoms with Gasteiger partial charge in [-0.15, -0.1) is 0 Å². The number of fused-ring (bicyclic) bond motifs is 1. The van der Waals surface area contributed by atoms with Gasteiger partial charge in [-0.05, 0) is 91.5 Å². The zero-order valence-electron chi connectivity index (χ0n) is 20.1. The molecule has 0 amide bonds. The monoisotopic (exact) mass is 487 g/mol. The van der Waals surface area contributed by atoms with E-state index in [2.05, 4.69) is 4.90 Å². The molecule has 0 radical (unpaired) electrons. The Morgan fingerprint density at radius 3 is 2.36 bits per heavy atom. The van der Waals surface area contributed by atoms with Gasteiger partial charge in [0.05, 0.1) is 6.61 Å². The van der Waals surface area contributed by atoms with E-state index in [9.17, 15) is 14.6 Å². The van der Waals surface area contributed by atoms with Gasteiger partial charge in [0.25, 0.3) is 0 Å². The SMILES string of the molecule is OCc1ccc(-c2ccc3cc(O)ccc3c2Oc2ccc(OCCN3CCCCC3)cc2)cc1F. The van der Waals surface area contributed by atoms with Gasteiger partial charge in [-0.25, -0.2) is 4.39 Å². The third-order valence-corrected chi connectivity index (χ3v) is 6.66. The van der Waals surface area contributed by atoms with E-state index in [4.69, 9.17) is 9.47 Å². The summed E-state index contributed by atoms with van der Waals surface area (Å²) in [4.78, 5) is 2.44. The number of aliphatic hydroxyl groups excluding tert-OH is 1. The van der Waals surface area contributed by atoms with Crippen LogP contribution in [0.5, 0.6) is 23.0 Å². The van der Waals surface area contributed by atoms with Crippen LogP contribution in [0.3, 0.4) is 0 Å². The lowest BCUT2D eigenvalue weighted by Gasteiger charge is -2.26. The number of rotatable bonds is 8. The summed E-state index contributed by atoms with van der Waals surface area (Å²) in [6, 6.07) is 21.0. The molecule has 5 nitrogen and oxygen atoms in total. The molecule has 1 heterocycles. The van der Waals surface area contributed by atoms with Gasteiger partial charge in [-0.1, -0.05) is 24.6 Å². The summed E-state index contributed by atoms with van der Waals surface area (Å²) in [6.45, 7) is 3.50. The first-order valence-corrected chi connectivity index (χ1v) is 12.4. The van der Waals surface area contributed by atoms with E-state index in [0.717, 1.165) is 36.2 Å². The first-order valence-electron chi connectivity index (χ1n) is 12.4. The quantitative estimate of drug-likeness (QED) is 0.297. The highest BCUT2D eigenvalue weighted by Crippen LogP contribution is 2.41. The molecular formula is C30H30FNO4. The largest absolute Gasteiger partial charge is 0.508 e. The number of phenols is 1. The Labute approximate surface area is 210 Å². The molecule has 4 aromatic rings. The van der Waals surface area contributed by atoms with E-state index in [0.29, 0.717) is 29.2 Å². The molecule has 1 fully saturated rings. The molecular weight excluding hydrogens is 457 g/mol. The highest BCUT2D eigenvalue weighted by atomic mass is 19.1. The van der Waals surface area contributed by atoms with Crippen LogP contribution >= 0.6 is 0 Å². The van der Waals surface area contributed by atoms with Crippen LogP contribution in [0, 0.1) is 5.82 Å². The normalized spacial score (nSPS) is 14.2. The van der Waals surface area contributed by atoms with Gasteiger partial charge < -0.3 is 19.7 Å². The van der Waals surface area contributed by atoms with E-state index in [-0.39, 0.29) is 17.9 Å². The molecule has 1 aliphatic heterocycles. The van der Waals surface area contributed by atoms with Gasteiger partial charge in [-0.2, -0.15) is 0 Å². The second-order valence-corrected chi connectivity index (χ2v) is 9.14. The minimum absolute atomic E-state index is 0.158. The first-order chi connectivity index (χ1) is 17.6. The lowest BCUT2D eigenvalue weighted by atomic mass is 9.98. The standard InChI is InChI=1S/C30H30FNO4/c31-29-19-22(4-5-23(29)20-33)27-12-6-21-18-24(34)7-13-28(21)30(27)36-26-10-8-25(9-11-26)35-17-16-32-14-2-1-3-15-32/h4-13,18-19,33-34H,1-3,14-17,20H2. The maximum Gasteiger partial charge on any atom is 0.143 e. The number of phenolic OH excluding ortho intramolecular Hbond substituents is 1. The number of aliphatic hydroxyl groups is 1. The number of likely N-dealkylation sites (tertiary alicyclic amines) is 1. The van der Waals surface area contributed by atoms with Gasteiger partial charge in [0.2, 0.25) is 0 Å². The molecule has 0 spiro atoms. The van der Waals surface area contributed by atoms with Crippen molar-refractivity contribution in [3.05, 3.63) is 84.2 Å². The topological polar surface area (TPSA) is 62.2 Å². The molecule has 0 bridgehead atoms. The number of halogens is 1. The summed E-state index contributed by atoms with van der Waals surface area (Å²) in [5, 5.41) is 20.9. The number of aromatic hydroxyl groups is 1. The molecule has 6 heteroatoms. The molecule has 5 rings (SSSR count). The van der Waals surface area contributed by atoms with Crippen molar-refractivity contribution in [3.8, 4) is 34.1 Å². The Morgan fingerprint density at radius 1 is 0.833 bits per heavy atom. The van der Waals surface area contributed by atoms with Crippen LogP contribution in [-0.4, -0.2) is 41.4 Å². The number of hydrogen-bond donors (Lipinski definition) is 2. The molecule has 1 aliphatic rings. The summed E-state index contributed by atoms with van der Waals surface area (Å²) in [5.41, 5.74) is 1.58. The van der Waals surface area contributed by atoms with E-state index in [1.54, 1.807) is 30.3 Å². The Bertz CT molecular complexity index is 1330. The highest BCUT2D eigenvalue weighted by Gasteiger charge is 2.15. The summed E-state index contributed by atoms with van der Waals surface area (Å²) >= 11 is 0. The van der Waals surface area contributed by atoms with E-state index >= 15 is 0 Å². The number of ether oxygens (including phenoxy) is 2. The number of piperidine rings is 1.